The van der Waals surface area contributed by atoms with Crippen LogP contribution in [0.25, 0.3) is 0 Å². The summed E-state index contributed by atoms with van der Waals surface area (Å²) in [5, 5.41) is 11.7. The van der Waals surface area contributed by atoms with Gasteiger partial charge in [-0.3, -0.25) is 4.79 Å². The Labute approximate surface area is 77.8 Å². The molecule has 0 amide bonds. The molecule has 72 valence electrons. The van der Waals surface area contributed by atoms with Crippen molar-refractivity contribution >= 4 is 5.97 Å². The van der Waals surface area contributed by atoms with Crippen molar-refractivity contribution in [1.29, 1.82) is 0 Å². The highest BCUT2D eigenvalue weighted by atomic mass is 16.4. The summed E-state index contributed by atoms with van der Waals surface area (Å²) < 4.78 is 0. The van der Waals surface area contributed by atoms with Gasteiger partial charge < -0.3 is 10.4 Å². The summed E-state index contributed by atoms with van der Waals surface area (Å²) >= 11 is 0. The van der Waals surface area contributed by atoms with Crippen LogP contribution in [0.5, 0.6) is 0 Å². The number of fused-ring (bicyclic) bond motifs is 1. The van der Waals surface area contributed by atoms with Crippen LogP contribution in [-0.2, 0) is 4.79 Å². The molecule has 0 saturated heterocycles. The van der Waals surface area contributed by atoms with Gasteiger partial charge in [0.1, 0.15) is 0 Å². The molecule has 13 heavy (non-hydrogen) atoms. The number of nitrogens with one attached hydrogen (secondary N) is 1. The van der Waals surface area contributed by atoms with Crippen molar-refractivity contribution in [3.8, 4) is 0 Å². The SMILES string of the molecule is O=C(O)CCNC1CC2CC=CC21. The second-order valence-electron chi connectivity index (χ2n) is 3.94. The van der Waals surface area contributed by atoms with Gasteiger partial charge in [0.2, 0.25) is 0 Å². The second kappa shape index (κ2) is 3.50. The molecule has 3 unspecified atom stereocenters. The molecule has 0 bridgehead atoms. The van der Waals surface area contributed by atoms with E-state index < -0.39 is 5.97 Å². The van der Waals surface area contributed by atoms with E-state index in [4.69, 9.17) is 5.11 Å². The number of carboxylic acid groups (broad SMARTS) is 1. The van der Waals surface area contributed by atoms with Crippen LogP contribution >= 0.6 is 0 Å². The topological polar surface area (TPSA) is 49.3 Å². The minimum Gasteiger partial charge on any atom is -0.481 e. The van der Waals surface area contributed by atoms with Crippen LogP contribution in [0, 0.1) is 11.8 Å². The highest BCUT2D eigenvalue weighted by molar-refractivity contribution is 5.66. The average molecular weight is 181 g/mol. The Morgan fingerprint density at radius 3 is 3.15 bits per heavy atom. The first-order chi connectivity index (χ1) is 6.27. The zero-order valence-electron chi connectivity index (χ0n) is 7.57. The minimum atomic E-state index is -0.717. The second-order valence-corrected chi connectivity index (χ2v) is 3.94. The van der Waals surface area contributed by atoms with Crippen LogP contribution in [0.2, 0.25) is 0 Å². The maximum absolute atomic E-state index is 10.3. The molecule has 0 aromatic heterocycles. The van der Waals surface area contributed by atoms with Gasteiger partial charge in [0.25, 0.3) is 0 Å². The highest BCUT2D eigenvalue weighted by Crippen LogP contribution is 2.42. The molecule has 2 rings (SSSR count). The zero-order valence-corrected chi connectivity index (χ0v) is 7.57. The predicted molar refractivity (Wildman–Crippen MR) is 49.4 cm³/mol. The van der Waals surface area contributed by atoms with Crippen LogP contribution in [0.15, 0.2) is 12.2 Å². The van der Waals surface area contributed by atoms with Crippen molar-refractivity contribution in [3.63, 3.8) is 0 Å². The van der Waals surface area contributed by atoms with E-state index in [9.17, 15) is 4.79 Å². The van der Waals surface area contributed by atoms with Gasteiger partial charge in [-0.1, -0.05) is 12.2 Å². The van der Waals surface area contributed by atoms with Gasteiger partial charge in [0, 0.05) is 12.6 Å². The number of hydrogen-bond donors (Lipinski definition) is 2. The van der Waals surface area contributed by atoms with Crippen LogP contribution in [0.1, 0.15) is 19.3 Å². The van der Waals surface area contributed by atoms with Crippen LogP contribution in [0.3, 0.4) is 0 Å². The Bertz CT molecular complexity index is 237. The van der Waals surface area contributed by atoms with Crippen molar-refractivity contribution in [2.24, 2.45) is 11.8 Å². The third-order valence-electron chi connectivity index (χ3n) is 3.11. The number of hydrogen-bond acceptors (Lipinski definition) is 2. The Hall–Kier alpha value is -0.830. The average Bonchev–Trinajstić information content (AvgIpc) is 2.40. The molecule has 2 aliphatic carbocycles. The Morgan fingerprint density at radius 1 is 1.62 bits per heavy atom. The lowest BCUT2D eigenvalue weighted by Gasteiger charge is -2.40. The van der Waals surface area contributed by atoms with Gasteiger partial charge in [0.15, 0.2) is 0 Å². The molecule has 0 aromatic carbocycles. The van der Waals surface area contributed by atoms with E-state index in [0.717, 1.165) is 5.92 Å². The third kappa shape index (κ3) is 1.75. The van der Waals surface area contributed by atoms with E-state index in [2.05, 4.69) is 17.5 Å². The molecular formula is C10H15NO2. The largest absolute Gasteiger partial charge is 0.481 e. The fourth-order valence-electron chi connectivity index (χ4n) is 2.31. The predicted octanol–water partition coefficient (Wildman–Crippen LogP) is 1.02. The molecule has 3 nitrogen and oxygen atoms in total. The van der Waals surface area contributed by atoms with Gasteiger partial charge in [-0.25, -0.2) is 0 Å². The molecular weight excluding hydrogens is 166 g/mol. The number of rotatable bonds is 4. The van der Waals surface area contributed by atoms with E-state index in [0.29, 0.717) is 18.5 Å². The molecule has 0 radical (unpaired) electrons. The van der Waals surface area contributed by atoms with Gasteiger partial charge in [0.05, 0.1) is 6.42 Å². The summed E-state index contributed by atoms with van der Waals surface area (Å²) in [7, 11) is 0. The van der Waals surface area contributed by atoms with Crippen molar-refractivity contribution in [2.75, 3.05) is 6.54 Å². The fourth-order valence-corrected chi connectivity index (χ4v) is 2.31. The maximum atomic E-state index is 10.3. The zero-order chi connectivity index (χ0) is 9.26. The maximum Gasteiger partial charge on any atom is 0.304 e. The lowest BCUT2D eigenvalue weighted by molar-refractivity contribution is -0.136. The van der Waals surface area contributed by atoms with Gasteiger partial charge in [-0.05, 0) is 24.7 Å². The first-order valence-electron chi connectivity index (χ1n) is 4.89. The number of aliphatic carboxylic acids is 1. The number of carbonyl (C=O) groups is 1. The van der Waals surface area contributed by atoms with Gasteiger partial charge >= 0.3 is 5.97 Å². The smallest absolute Gasteiger partial charge is 0.304 e. The summed E-state index contributed by atoms with van der Waals surface area (Å²) in [6.45, 7) is 0.608. The van der Waals surface area contributed by atoms with E-state index in [1.165, 1.54) is 12.8 Å². The first kappa shape index (κ1) is 8.75. The van der Waals surface area contributed by atoms with Crippen LogP contribution in [-0.4, -0.2) is 23.7 Å². The van der Waals surface area contributed by atoms with E-state index >= 15 is 0 Å². The molecule has 0 heterocycles. The lowest BCUT2D eigenvalue weighted by Crippen LogP contribution is -2.48. The van der Waals surface area contributed by atoms with Crippen LogP contribution < -0.4 is 5.32 Å². The Balaban J connectivity index is 1.67. The van der Waals surface area contributed by atoms with Gasteiger partial charge in [-0.15, -0.1) is 0 Å². The molecule has 3 atom stereocenters. The third-order valence-corrected chi connectivity index (χ3v) is 3.11. The fraction of sp³-hybridized carbons (Fsp3) is 0.700. The van der Waals surface area contributed by atoms with Crippen molar-refractivity contribution in [1.82, 2.24) is 5.32 Å². The van der Waals surface area contributed by atoms with Gasteiger partial charge in [-0.2, -0.15) is 0 Å². The first-order valence-corrected chi connectivity index (χ1v) is 4.89. The molecule has 3 heteroatoms. The minimum absolute atomic E-state index is 0.234. The molecule has 2 aliphatic rings. The normalized spacial score (nSPS) is 35.5. The summed E-state index contributed by atoms with van der Waals surface area (Å²) in [6.07, 6.45) is 7.19. The van der Waals surface area contributed by atoms with Crippen molar-refractivity contribution in [2.45, 2.75) is 25.3 Å². The lowest BCUT2D eigenvalue weighted by atomic mass is 9.71. The summed E-state index contributed by atoms with van der Waals surface area (Å²) in [4.78, 5) is 10.3. The number of allylic oxidation sites excluding steroid dienone is 1. The molecule has 0 spiro atoms. The molecule has 0 aromatic rings. The Kier molecular flexibility index (Phi) is 2.36. The molecule has 2 N–H and O–H groups in total. The highest BCUT2D eigenvalue weighted by Gasteiger charge is 2.40. The van der Waals surface area contributed by atoms with E-state index in [1.807, 2.05) is 0 Å². The monoisotopic (exact) mass is 181 g/mol. The summed E-state index contributed by atoms with van der Waals surface area (Å²) in [6, 6.07) is 0.545. The molecule has 0 aliphatic heterocycles. The van der Waals surface area contributed by atoms with Crippen molar-refractivity contribution in [3.05, 3.63) is 12.2 Å². The number of carboxylic acids is 1. The van der Waals surface area contributed by atoms with E-state index in [1.54, 1.807) is 0 Å². The standard InChI is InChI=1S/C10H15NO2/c12-10(13)4-5-11-9-6-7-2-1-3-8(7)9/h1,3,7-9,11H,2,4-6H2,(H,12,13). The summed E-state index contributed by atoms with van der Waals surface area (Å²) in [5.41, 5.74) is 0. The molecule has 1 saturated carbocycles. The van der Waals surface area contributed by atoms with Crippen LogP contribution in [0.4, 0.5) is 0 Å². The molecule has 1 fully saturated rings. The summed E-state index contributed by atoms with van der Waals surface area (Å²) in [5.74, 6) is 0.821. The van der Waals surface area contributed by atoms with E-state index in [-0.39, 0.29) is 6.42 Å². The Morgan fingerprint density at radius 2 is 2.46 bits per heavy atom. The van der Waals surface area contributed by atoms with Crippen molar-refractivity contribution < 1.29 is 9.90 Å². The quantitative estimate of drug-likeness (QED) is 0.636.